The molecular formula is C11H15BrClFN2. The van der Waals surface area contributed by atoms with E-state index in [1.807, 2.05) is 0 Å². The second kappa shape index (κ2) is 5.96. The van der Waals surface area contributed by atoms with Gasteiger partial charge in [0.15, 0.2) is 0 Å². The molecule has 1 saturated heterocycles. The molecule has 2 nitrogen and oxygen atoms in total. The van der Waals surface area contributed by atoms with Crippen LogP contribution in [0.3, 0.4) is 0 Å². The molecule has 0 aromatic heterocycles. The van der Waals surface area contributed by atoms with Gasteiger partial charge < -0.3 is 5.32 Å². The van der Waals surface area contributed by atoms with E-state index in [0.29, 0.717) is 6.04 Å². The fourth-order valence-electron chi connectivity index (χ4n) is 1.65. The van der Waals surface area contributed by atoms with Gasteiger partial charge in [0, 0.05) is 30.1 Å². The molecular weight excluding hydrogens is 294 g/mol. The van der Waals surface area contributed by atoms with Crippen LogP contribution in [0.25, 0.3) is 0 Å². The van der Waals surface area contributed by atoms with Gasteiger partial charge in [0.2, 0.25) is 0 Å². The number of rotatable bonds is 3. The predicted molar refractivity (Wildman–Crippen MR) is 69.5 cm³/mol. The van der Waals surface area contributed by atoms with Gasteiger partial charge in [0.25, 0.3) is 0 Å². The summed E-state index contributed by atoms with van der Waals surface area (Å²) in [6.07, 6.45) is 0. The van der Waals surface area contributed by atoms with Gasteiger partial charge >= 0.3 is 0 Å². The third-order valence-corrected chi connectivity index (χ3v) is 3.58. The second-order valence-electron chi connectivity index (χ2n) is 3.96. The molecule has 0 bridgehead atoms. The lowest BCUT2D eigenvalue weighted by Gasteiger charge is -2.35. The third-order valence-electron chi connectivity index (χ3n) is 2.81. The number of halogens is 3. The van der Waals surface area contributed by atoms with E-state index in [4.69, 9.17) is 0 Å². The molecule has 1 N–H and O–H groups in total. The molecule has 16 heavy (non-hydrogen) atoms. The third kappa shape index (κ3) is 3.17. The molecule has 0 aliphatic carbocycles. The van der Waals surface area contributed by atoms with Crippen LogP contribution in [0.2, 0.25) is 0 Å². The van der Waals surface area contributed by atoms with Crippen LogP contribution in [-0.2, 0) is 6.54 Å². The van der Waals surface area contributed by atoms with Crippen molar-refractivity contribution in [2.45, 2.75) is 12.6 Å². The van der Waals surface area contributed by atoms with Crippen LogP contribution in [0.15, 0.2) is 22.7 Å². The zero-order valence-corrected chi connectivity index (χ0v) is 11.4. The van der Waals surface area contributed by atoms with Crippen molar-refractivity contribution in [2.24, 2.45) is 0 Å². The van der Waals surface area contributed by atoms with E-state index >= 15 is 0 Å². The maximum absolute atomic E-state index is 13.0. The predicted octanol–water partition coefficient (Wildman–Crippen LogP) is 2.41. The summed E-state index contributed by atoms with van der Waals surface area (Å²) < 4.78 is 14.0. The summed E-state index contributed by atoms with van der Waals surface area (Å²) in [7, 11) is 2.07. The molecule has 1 aliphatic rings. The Kier molecular flexibility index (Phi) is 5.18. The van der Waals surface area contributed by atoms with Crippen molar-refractivity contribution in [3.05, 3.63) is 34.1 Å². The fraction of sp³-hybridized carbons (Fsp3) is 0.455. The van der Waals surface area contributed by atoms with E-state index in [2.05, 4.69) is 33.2 Å². The molecule has 1 heterocycles. The summed E-state index contributed by atoms with van der Waals surface area (Å²) in [6, 6.07) is 5.41. The Balaban J connectivity index is 0.00000128. The molecule has 1 aromatic rings. The van der Waals surface area contributed by atoms with Crippen molar-refractivity contribution in [3.8, 4) is 0 Å². The van der Waals surface area contributed by atoms with Gasteiger partial charge in [-0.05, 0) is 30.8 Å². The summed E-state index contributed by atoms with van der Waals surface area (Å²) in [5.74, 6) is -0.173. The van der Waals surface area contributed by atoms with Crippen molar-refractivity contribution in [1.29, 1.82) is 0 Å². The fourth-order valence-corrected chi connectivity index (χ4v) is 2.02. The highest BCUT2D eigenvalue weighted by Gasteiger charge is 2.21. The Morgan fingerprint density at radius 2 is 2.19 bits per heavy atom. The topological polar surface area (TPSA) is 15.3 Å². The lowest BCUT2D eigenvalue weighted by Crippen LogP contribution is -2.55. The maximum atomic E-state index is 13.0. The first kappa shape index (κ1) is 13.9. The first-order chi connectivity index (χ1) is 7.16. The Bertz CT molecular complexity index is 358. The Morgan fingerprint density at radius 3 is 2.75 bits per heavy atom. The average Bonchev–Trinajstić information content (AvgIpc) is 2.08. The highest BCUT2D eigenvalue weighted by molar-refractivity contribution is 9.10. The minimum absolute atomic E-state index is 0. The molecule has 0 atom stereocenters. The van der Waals surface area contributed by atoms with Gasteiger partial charge in [-0.3, -0.25) is 4.90 Å². The Labute approximate surface area is 110 Å². The first-order valence-electron chi connectivity index (χ1n) is 5.01. The van der Waals surface area contributed by atoms with E-state index in [9.17, 15) is 4.39 Å². The van der Waals surface area contributed by atoms with Crippen LogP contribution in [0.1, 0.15) is 5.56 Å². The zero-order valence-electron chi connectivity index (χ0n) is 9.04. The van der Waals surface area contributed by atoms with Gasteiger partial charge in [-0.15, -0.1) is 12.4 Å². The number of benzene rings is 1. The standard InChI is InChI=1S/C11H14BrFN2.ClH/c1-15(10-5-14-6-10)7-8-4-9(13)2-3-11(8)12;/h2-4,10,14H,5-7H2,1H3;1H. The Morgan fingerprint density at radius 1 is 1.50 bits per heavy atom. The van der Waals surface area contributed by atoms with Gasteiger partial charge in [0.05, 0.1) is 0 Å². The SMILES string of the molecule is CN(Cc1cc(F)ccc1Br)C1CNC1.Cl. The molecule has 0 saturated carbocycles. The minimum atomic E-state index is -0.173. The molecule has 0 radical (unpaired) electrons. The zero-order chi connectivity index (χ0) is 10.8. The van der Waals surface area contributed by atoms with Crippen LogP contribution in [0.5, 0.6) is 0 Å². The van der Waals surface area contributed by atoms with E-state index in [0.717, 1.165) is 29.7 Å². The molecule has 2 rings (SSSR count). The summed E-state index contributed by atoms with van der Waals surface area (Å²) in [4.78, 5) is 2.25. The summed E-state index contributed by atoms with van der Waals surface area (Å²) in [5, 5.41) is 3.23. The highest BCUT2D eigenvalue weighted by Crippen LogP contribution is 2.20. The molecule has 1 aliphatic heterocycles. The van der Waals surface area contributed by atoms with Crippen molar-refractivity contribution in [3.63, 3.8) is 0 Å². The van der Waals surface area contributed by atoms with Crippen LogP contribution < -0.4 is 5.32 Å². The summed E-state index contributed by atoms with van der Waals surface area (Å²) >= 11 is 3.44. The summed E-state index contributed by atoms with van der Waals surface area (Å²) in [6.45, 7) is 2.84. The average molecular weight is 310 g/mol. The van der Waals surface area contributed by atoms with E-state index in [1.54, 1.807) is 12.1 Å². The highest BCUT2D eigenvalue weighted by atomic mass is 79.9. The number of likely N-dealkylation sites (N-methyl/N-ethyl adjacent to an activating group) is 1. The van der Waals surface area contributed by atoms with Crippen molar-refractivity contribution < 1.29 is 4.39 Å². The monoisotopic (exact) mass is 308 g/mol. The largest absolute Gasteiger partial charge is 0.314 e. The molecule has 1 fully saturated rings. The lowest BCUT2D eigenvalue weighted by atomic mass is 10.1. The molecule has 0 spiro atoms. The molecule has 5 heteroatoms. The van der Waals surface area contributed by atoms with E-state index in [1.165, 1.54) is 6.07 Å². The second-order valence-corrected chi connectivity index (χ2v) is 4.82. The van der Waals surface area contributed by atoms with Crippen molar-refractivity contribution in [2.75, 3.05) is 20.1 Å². The molecule has 0 unspecified atom stereocenters. The molecule has 1 aromatic carbocycles. The van der Waals surface area contributed by atoms with E-state index < -0.39 is 0 Å². The number of nitrogens with one attached hydrogen (secondary N) is 1. The van der Waals surface area contributed by atoms with Gasteiger partial charge in [0.1, 0.15) is 5.82 Å². The lowest BCUT2D eigenvalue weighted by molar-refractivity contribution is 0.172. The number of nitrogens with zero attached hydrogens (tertiary/aromatic N) is 1. The maximum Gasteiger partial charge on any atom is 0.123 e. The molecule has 90 valence electrons. The van der Waals surface area contributed by atoms with E-state index in [-0.39, 0.29) is 18.2 Å². The number of hydrogen-bond acceptors (Lipinski definition) is 2. The van der Waals surface area contributed by atoms with Gasteiger partial charge in [-0.25, -0.2) is 4.39 Å². The van der Waals surface area contributed by atoms with Crippen LogP contribution in [0.4, 0.5) is 4.39 Å². The van der Waals surface area contributed by atoms with Gasteiger partial charge in [-0.1, -0.05) is 15.9 Å². The van der Waals surface area contributed by atoms with Gasteiger partial charge in [-0.2, -0.15) is 0 Å². The minimum Gasteiger partial charge on any atom is -0.314 e. The smallest absolute Gasteiger partial charge is 0.123 e. The quantitative estimate of drug-likeness (QED) is 0.922. The van der Waals surface area contributed by atoms with Crippen LogP contribution in [-0.4, -0.2) is 31.1 Å². The first-order valence-corrected chi connectivity index (χ1v) is 5.81. The Hall–Kier alpha value is -0.160. The van der Waals surface area contributed by atoms with Crippen LogP contribution in [0, 0.1) is 5.82 Å². The number of hydrogen-bond donors (Lipinski definition) is 1. The normalized spacial score (nSPS) is 15.8. The van der Waals surface area contributed by atoms with Crippen molar-refractivity contribution in [1.82, 2.24) is 10.2 Å². The van der Waals surface area contributed by atoms with Crippen LogP contribution >= 0.6 is 28.3 Å². The molecule has 0 amide bonds. The summed E-state index contributed by atoms with van der Waals surface area (Å²) in [5.41, 5.74) is 1.00. The van der Waals surface area contributed by atoms with Crippen molar-refractivity contribution >= 4 is 28.3 Å².